The predicted octanol–water partition coefficient (Wildman–Crippen LogP) is 2.31. The lowest BCUT2D eigenvalue weighted by atomic mass is 9.78. The van der Waals surface area contributed by atoms with Gasteiger partial charge in [0.15, 0.2) is 0 Å². The maximum atomic E-state index is 11.9. The smallest absolute Gasteiger partial charge is 0.321 e. The van der Waals surface area contributed by atoms with Crippen molar-refractivity contribution in [1.29, 1.82) is 0 Å². The third-order valence-electron chi connectivity index (χ3n) is 3.23. The minimum atomic E-state index is -0.0272. The molecule has 0 unspecified atom stereocenters. The standard InChI is InChI=1S/C12H13BrN2O2/c13-9-2-1-3-10(4-9)14-11(16)15-5-12(6-15)7-17-8-12/h1-4H,5-8H2,(H,14,16). The first-order chi connectivity index (χ1) is 8.17. The maximum Gasteiger partial charge on any atom is 0.321 e. The highest BCUT2D eigenvalue weighted by atomic mass is 79.9. The first-order valence-electron chi connectivity index (χ1n) is 5.56. The van der Waals surface area contributed by atoms with Crippen molar-refractivity contribution in [2.24, 2.45) is 5.41 Å². The van der Waals surface area contributed by atoms with E-state index < -0.39 is 0 Å². The van der Waals surface area contributed by atoms with Crippen molar-refractivity contribution >= 4 is 27.6 Å². The molecule has 1 spiro atoms. The molecular formula is C12H13BrN2O2. The van der Waals surface area contributed by atoms with Crippen LogP contribution in [0.15, 0.2) is 28.7 Å². The molecule has 0 aliphatic carbocycles. The molecule has 17 heavy (non-hydrogen) atoms. The minimum absolute atomic E-state index is 0.0272. The van der Waals surface area contributed by atoms with E-state index in [2.05, 4.69) is 21.2 Å². The molecule has 2 heterocycles. The van der Waals surface area contributed by atoms with Crippen molar-refractivity contribution in [2.45, 2.75) is 0 Å². The Hall–Kier alpha value is -1.07. The van der Waals surface area contributed by atoms with Gasteiger partial charge in [-0.2, -0.15) is 0 Å². The van der Waals surface area contributed by atoms with E-state index in [1.165, 1.54) is 0 Å². The number of hydrogen-bond acceptors (Lipinski definition) is 2. The molecule has 0 bridgehead atoms. The molecule has 2 aliphatic rings. The summed E-state index contributed by atoms with van der Waals surface area (Å²) in [6, 6.07) is 7.57. The third kappa shape index (κ3) is 2.05. The Morgan fingerprint density at radius 3 is 2.76 bits per heavy atom. The zero-order valence-corrected chi connectivity index (χ0v) is 10.9. The Bertz CT molecular complexity index is 452. The van der Waals surface area contributed by atoms with Crippen LogP contribution in [0.4, 0.5) is 10.5 Å². The van der Waals surface area contributed by atoms with E-state index >= 15 is 0 Å². The Morgan fingerprint density at radius 2 is 2.18 bits per heavy atom. The van der Waals surface area contributed by atoms with Crippen molar-refractivity contribution < 1.29 is 9.53 Å². The second-order valence-corrected chi connectivity index (χ2v) is 5.71. The maximum absolute atomic E-state index is 11.9. The average molecular weight is 297 g/mol. The molecule has 0 radical (unpaired) electrons. The first kappa shape index (κ1) is 11.0. The largest absolute Gasteiger partial charge is 0.380 e. The molecule has 0 saturated carbocycles. The van der Waals surface area contributed by atoms with Crippen LogP contribution in [-0.4, -0.2) is 37.2 Å². The van der Waals surface area contributed by atoms with Crippen LogP contribution in [0.3, 0.4) is 0 Å². The van der Waals surface area contributed by atoms with Crippen molar-refractivity contribution in [3.63, 3.8) is 0 Å². The van der Waals surface area contributed by atoms with E-state index in [4.69, 9.17) is 4.74 Å². The molecule has 5 heteroatoms. The van der Waals surface area contributed by atoms with E-state index in [-0.39, 0.29) is 11.4 Å². The zero-order chi connectivity index (χ0) is 11.9. The molecule has 4 nitrogen and oxygen atoms in total. The minimum Gasteiger partial charge on any atom is -0.380 e. The van der Waals surface area contributed by atoms with Crippen molar-refractivity contribution in [3.05, 3.63) is 28.7 Å². The van der Waals surface area contributed by atoms with E-state index in [1.54, 1.807) is 0 Å². The van der Waals surface area contributed by atoms with E-state index in [1.807, 2.05) is 29.2 Å². The number of urea groups is 1. The molecule has 0 atom stereocenters. The summed E-state index contributed by atoms with van der Waals surface area (Å²) >= 11 is 3.38. The number of nitrogens with one attached hydrogen (secondary N) is 1. The molecule has 3 rings (SSSR count). The van der Waals surface area contributed by atoms with Gasteiger partial charge in [0.2, 0.25) is 0 Å². The normalized spacial score (nSPS) is 20.6. The summed E-state index contributed by atoms with van der Waals surface area (Å²) in [6.07, 6.45) is 0. The number of likely N-dealkylation sites (tertiary alicyclic amines) is 1. The molecule has 1 N–H and O–H groups in total. The van der Waals surface area contributed by atoms with Gasteiger partial charge in [0.1, 0.15) is 0 Å². The first-order valence-corrected chi connectivity index (χ1v) is 6.36. The van der Waals surface area contributed by atoms with Crippen LogP contribution in [0.5, 0.6) is 0 Å². The second kappa shape index (κ2) is 3.99. The summed E-state index contributed by atoms with van der Waals surface area (Å²) in [5.74, 6) is 0. The van der Waals surface area contributed by atoms with Gasteiger partial charge in [-0.15, -0.1) is 0 Å². The predicted molar refractivity (Wildman–Crippen MR) is 68.0 cm³/mol. The molecule has 2 saturated heterocycles. The number of ether oxygens (including phenoxy) is 1. The number of carbonyl (C=O) groups excluding carboxylic acids is 1. The molecule has 2 amide bonds. The van der Waals surface area contributed by atoms with Gasteiger partial charge in [-0.3, -0.25) is 0 Å². The van der Waals surface area contributed by atoms with E-state index in [0.717, 1.165) is 36.5 Å². The number of carbonyl (C=O) groups is 1. The molecule has 1 aromatic rings. The van der Waals surface area contributed by atoms with Gasteiger partial charge < -0.3 is 15.0 Å². The SMILES string of the molecule is O=C(Nc1cccc(Br)c1)N1CC2(COC2)C1. The Morgan fingerprint density at radius 1 is 1.41 bits per heavy atom. The Balaban J connectivity index is 1.57. The number of amides is 2. The Kier molecular flexibility index (Phi) is 2.60. The van der Waals surface area contributed by atoms with Gasteiger partial charge in [-0.25, -0.2) is 4.79 Å². The highest BCUT2D eigenvalue weighted by Crippen LogP contribution is 2.37. The monoisotopic (exact) mass is 296 g/mol. The third-order valence-corrected chi connectivity index (χ3v) is 3.73. The van der Waals surface area contributed by atoms with Crippen LogP contribution in [0.25, 0.3) is 0 Å². The lowest BCUT2D eigenvalue weighted by Gasteiger charge is -2.54. The van der Waals surface area contributed by atoms with E-state index in [9.17, 15) is 4.79 Å². The number of rotatable bonds is 1. The van der Waals surface area contributed by atoms with Gasteiger partial charge in [0.25, 0.3) is 0 Å². The van der Waals surface area contributed by atoms with Crippen LogP contribution in [0.1, 0.15) is 0 Å². The average Bonchev–Trinajstić information content (AvgIpc) is 2.12. The summed E-state index contributed by atoms with van der Waals surface area (Å²) in [6.45, 7) is 3.22. The molecule has 1 aromatic carbocycles. The van der Waals surface area contributed by atoms with Crippen LogP contribution >= 0.6 is 15.9 Å². The number of halogens is 1. The lowest BCUT2D eigenvalue weighted by molar-refractivity contribution is -0.174. The summed E-state index contributed by atoms with van der Waals surface area (Å²) in [5, 5.41) is 2.89. The number of anilines is 1. The molecule has 90 valence electrons. The van der Waals surface area contributed by atoms with Crippen molar-refractivity contribution in [1.82, 2.24) is 4.90 Å². The van der Waals surface area contributed by atoms with Crippen molar-refractivity contribution in [3.8, 4) is 0 Å². The van der Waals surface area contributed by atoms with E-state index in [0.29, 0.717) is 0 Å². The summed E-state index contributed by atoms with van der Waals surface area (Å²) in [5.41, 5.74) is 1.09. The zero-order valence-electron chi connectivity index (χ0n) is 9.28. The summed E-state index contributed by atoms with van der Waals surface area (Å²) < 4.78 is 6.14. The van der Waals surface area contributed by atoms with Crippen LogP contribution in [0.2, 0.25) is 0 Å². The molecular weight excluding hydrogens is 284 g/mol. The highest BCUT2D eigenvalue weighted by Gasteiger charge is 2.50. The Labute approximate surface area is 108 Å². The van der Waals surface area contributed by atoms with Gasteiger partial charge in [0.05, 0.1) is 18.6 Å². The van der Waals surface area contributed by atoms with Crippen molar-refractivity contribution in [2.75, 3.05) is 31.6 Å². The van der Waals surface area contributed by atoms with Crippen LogP contribution < -0.4 is 5.32 Å². The lowest BCUT2D eigenvalue weighted by Crippen LogP contribution is -2.67. The highest BCUT2D eigenvalue weighted by molar-refractivity contribution is 9.10. The fourth-order valence-corrected chi connectivity index (χ4v) is 2.65. The number of hydrogen-bond donors (Lipinski definition) is 1. The van der Waals surface area contributed by atoms with Crippen LogP contribution in [-0.2, 0) is 4.74 Å². The summed E-state index contributed by atoms with van der Waals surface area (Å²) in [7, 11) is 0. The fourth-order valence-electron chi connectivity index (χ4n) is 2.25. The van der Waals surface area contributed by atoms with Gasteiger partial charge >= 0.3 is 6.03 Å². The topological polar surface area (TPSA) is 41.6 Å². The van der Waals surface area contributed by atoms with Gasteiger partial charge in [-0.1, -0.05) is 22.0 Å². The fraction of sp³-hybridized carbons (Fsp3) is 0.417. The molecule has 2 fully saturated rings. The summed E-state index contributed by atoms with van der Waals surface area (Å²) in [4.78, 5) is 13.7. The van der Waals surface area contributed by atoms with Gasteiger partial charge in [0, 0.05) is 23.2 Å². The number of benzene rings is 1. The molecule has 2 aliphatic heterocycles. The van der Waals surface area contributed by atoms with Gasteiger partial charge in [-0.05, 0) is 18.2 Å². The molecule has 0 aromatic heterocycles. The number of nitrogens with zero attached hydrogens (tertiary/aromatic N) is 1. The van der Waals surface area contributed by atoms with Crippen LogP contribution in [0, 0.1) is 5.41 Å². The quantitative estimate of drug-likeness (QED) is 0.864. The second-order valence-electron chi connectivity index (χ2n) is 4.79.